The van der Waals surface area contributed by atoms with Crippen molar-refractivity contribution in [1.82, 2.24) is 0 Å². The molecular weight excluding hydrogens is 354 g/mol. The lowest BCUT2D eigenvalue weighted by molar-refractivity contribution is -0.144. The Morgan fingerprint density at radius 2 is 1.85 bits per heavy atom. The van der Waals surface area contributed by atoms with Crippen LogP contribution in [0.15, 0.2) is 47.4 Å². The molecule has 0 aliphatic heterocycles. The van der Waals surface area contributed by atoms with Crippen molar-refractivity contribution in [3.05, 3.63) is 48.0 Å². The molecule has 138 valence electrons. The van der Waals surface area contributed by atoms with Gasteiger partial charge in [-0.1, -0.05) is 18.2 Å². The number of carbonyl (C=O) groups excluding carboxylic acids is 2. The fourth-order valence-electron chi connectivity index (χ4n) is 2.14. The second-order valence-electron chi connectivity index (χ2n) is 5.33. The van der Waals surface area contributed by atoms with Crippen molar-refractivity contribution in [2.24, 2.45) is 0 Å². The summed E-state index contributed by atoms with van der Waals surface area (Å²) in [7, 11) is 3.03. The van der Waals surface area contributed by atoms with E-state index in [2.05, 4.69) is 5.32 Å². The van der Waals surface area contributed by atoms with Crippen LogP contribution in [0.2, 0.25) is 0 Å². The summed E-state index contributed by atoms with van der Waals surface area (Å²) < 4.78 is 15.3. The van der Waals surface area contributed by atoms with Crippen molar-refractivity contribution in [3.8, 4) is 11.5 Å². The Morgan fingerprint density at radius 3 is 2.54 bits per heavy atom. The Bertz CT molecular complexity index is 778. The standard InChI is InChI=1S/C19H21NO5S/c1-13-6-4-5-7-17(13)26-12-19(22)25-11-18(21)20-15-10-14(23-2)8-9-16(15)24-3/h4-10H,11-12H2,1-3H3,(H,20,21). The fraction of sp³-hybridized carbons (Fsp3) is 0.263. The number of esters is 1. The third-order valence-electron chi connectivity index (χ3n) is 3.48. The lowest BCUT2D eigenvalue weighted by Crippen LogP contribution is -2.22. The van der Waals surface area contributed by atoms with E-state index in [4.69, 9.17) is 14.2 Å². The number of methoxy groups -OCH3 is 2. The number of benzene rings is 2. The summed E-state index contributed by atoms with van der Waals surface area (Å²) in [6.45, 7) is 1.61. The summed E-state index contributed by atoms with van der Waals surface area (Å²) in [6, 6.07) is 12.8. The van der Waals surface area contributed by atoms with E-state index in [0.717, 1.165) is 10.5 Å². The SMILES string of the molecule is COc1ccc(OC)c(NC(=O)COC(=O)CSc2ccccc2C)c1. The van der Waals surface area contributed by atoms with Gasteiger partial charge in [-0.2, -0.15) is 0 Å². The quantitative estimate of drug-likeness (QED) is 0.564. The zero-order valence-electron chi connectivity index (χ0n) is 14.9. The predicted molar refractivity (Wildman–Crippen MR) is 101 cm³/mol. The van der Waals surface area contributed by atoms with Gasteiger partial charge in [0.25, 0.3) is 5.91 Å². The van der Waals surface area contributed by atoms with E-state index in [1.54, 1.807) is 18.2 Å². The lowest BCUT2D eigenvalue weighted by atomic mass is 10.2. The topological polar surface area (TPSA) is 73.9 Å². The van der Waals surface area contributed by atoms with Gasteiger partial charge in [-0.15, -0.1) is 11.8 Å². The predicted octanol–water partition coefficient (Wildman–Crippen LogP) is 3.29. The Kier molecular flexibility index (Phi) is 7.35. The van der Waals surface area contributed by atoms with Crippen molar-refractivity contribution in [2.75, 3.05) is 31.9 Å². The van der Waals surface area contributed by atoms with Gasteiger partial charge in [-0.3, -0.25) is 9.59 Å². The number of nitrogens with one attached hydrogen (secondary N) is 1. The minimum Gasteiger partial charge on any atom is -0.497 e. The van der Waals surface area contributed by atoms with Gasteiger partial charge in [0.1, 0.15) is 11.5 Å². The van der Waals surface area contributed by atoms with E-state index in [1.165, 1.54) is 26.0 Å². The monoisotopic (exact) mass is 375 g/mol. The maximum Gasteiger partial charge on any atom is 0.316 e. The summed E-state index contributed by atoms with van der Waals surface area (Å²) in [6.07, 6.45) is 0. The molecule has 2 aromatic carbocycles. The normalized spacial score (nSPS) is 10.1. The number of aryl methyl sites for hydroxylation is 1. The average molecular weight is 375 g/mol. The number of ether oxygens (including phenoxy) is 3. The summed E-state index contributed by atoms with van der Waals surface area (Å²) in [4.78, 5) is 24.9. The summed E-state index contributed by atoms with van der Waals surface area (Å²) in [5, 5.41) is 2.65. The van der Waals surface area contributed by atoms with Crippen molar-refractivity contribution >= 4 is 29.3 Å². The Hall–Kier alpha value is -2.67. The smallest absolute Gasteiger partial charge is 0.316 e. The van der Waals surface area contributed by atoms with Crippen molar-refractivity contribution < 1.29 is 23.8 Å². The van der Waals surface area contributed by atoms with E-state index in [0.29, 0.717) is 17.2 Å². The van der Waals surface area contributed by atoms with Crippen molar-refractivity contribution in [1.29, 1.82) is 0 Å². The Labute approximate surface area is 156 Å². The number of anilines is 1. The molecule has 0 aliphatic rings. The minimum absolute atomic E-state index is 0.139. The molecule has 26 heavy (non-hydrogen) atoms. The van der Waals surface area contributed by atoms with Crippen LogP contribution in [0.5, 0.6) is 11.5 Å². The number of carbonyl (C=O) groups is 2. The van der Waals surface area contributed by atoms with Crippen LogP contribution < -0.4 is 14.8 Å². The van der Waals surface area contributed by atoms with Gasteiger partial charge in [0, 0.05) is 11.0 Å². The zero-order chi connectivity index (χ0) is 18.9. The first-order valence-corrected chi connectivity index (χ1v) is 8.88. The molecule has 1 amide bonds. The van der Waals surface area contributed by atoms with Crippen LogP contribution in [-0.2, 0) is 14.3 Å². The van der Waals surface area contributed by atoms with Crippen LogP contribution in [-0.4, -0.2) is 38.5 Å². The van der Waals surface area contributed by atoms with E-state index in [1.807, 2.05) is 31.2 Å². The van der Waals surface area contributed by atoms with Gasteiger partial charge >= 0.3 is 5.97 Å². The number of hydrogen-bond donors (Lipinski definition) is 1. The maximum atomic E-state index is 12.0. The van der Waals surface area contributed by atoms with Crippen LogP contribution in [0.4, 0.5) is 5.69 Å². The first-order chi connectivity index (χ1) is 12.5. The van der Waals surface area contributed by atoms with E-state index in [9.17, 15) is 9.59 Å². The maximum absolute atomic E-state index is 12.0. The van der Waals surface area contributed by atoms with E-state index >= 15 is 0 Å². The molecule has 0 bridgehead atoms. The van der Waals surface area contributed by atoms with Gasteiger partial charge in [-0.05, 0) is 30.7 Å². The first kappa shape index (κ1) is 19.7. The van der Waals surface area contributed by atoms with Crippen LogP contribution in [0.3, 0.4) is 0 Å². The van der Waals surface area contributed by atoms with E-state index < -0.39 is 11.9 Å². The second kappa shape index (κ2) is 9.72. The fourth-order valence-corrected chi connectivity index (χ4v) is 2.97. The molecule has 0 unspecified atom stereocenters. The van der Waals surface area contributed by atoms with Crippen LogP contribution in [0.1, 0.15) is 5.56 Å². The molecule has 0 atom stereocenters. The summed E-state index contributed by atoms with van der Waals surface area (Å²) in [5.74, 6) is 0.297. The zero-order valence-corrected chi connectivity index (χ0v) is 15.7. The molecule has 6 nitrogen and oxygen atoms in total. The highest BCUT2D eigenvalue weighted by atomic mass is 32.2. The third kappa shape index (κ3) is 5.70. The third-order valence-corrected chi connectivity index (χ3v) is 4.63. The van der Waals surface area contributed by atoms with Crippen LogP contribution in [0, 0.1) is 6.92 Å². The molecule has 7 heteroatoms. The molecule has 1 N–H and O–H groups in total. The minimum atomic E-state index is -0.453. The molecule has 0 fully saturated rings. The van der Waals surface area contributed by atoms with E-state index in [-0.39, 0.29) is 12.4 Å². The van der Waals surface area contributed by atoms with Crippen molar-refractivity contribution in [2.45, 2.75) is 11.8 Å². The van der Waals surface area contributed by atoms with Gasteiger partial charge in [0.2, 0.25) is 0 Å². The Balaban J connectivity index is 1.83. The molecule has 2 aromatic rings. The molecular formula is C19H21NO5S. The molecule has 0 saturated carbocycles. The highest BCUT2D eigenvalue weighted by molar-refractivity contribution is 8.00. The Morgan fingerprint density at radius 1 is 1.08 bits per heavy atom. The molecule has 0 heterocycles. The van der Waals surface area contributed by atoms with Gasteiger partial charge in [0.15, 0.2) is 6.61 Å². The molecule has 0 aliphatic carbocycles. The van der Waals surface area contributed by atoms with Gasteiger partial charge in [0.05, 0.1) is 25.7 Å². The molecule has 0 saturated heterocycles. The molecule has 0 radical (unpaired) electrons. The number of rotatable bonds is 8. The summed E-state index contributed by atoms with van der Waals surface area (Å²) in [5.41, 5.74) is 1.54. The lowest BCUT2D eigenvalue weighted by Gasteiger charge is -2.12. The second-order valence-corrected chi connectivity index (χ2v) is 6.35. The highest BCUT2D eigenvalue weighted by Gasteiger charge is 2.12. The number of hydrogen-bond acceptors (Lipinski definition) is 6. The number of amides is 1. The average Bonchev–Trinajstić information content (AvgIpc) is 2.65. The van der Waals surface area contributed by atoms with Crippen LogP contribution in [0.25, 0.3) is 0 Å². The van der Waals surface area contributed by atoms with Gasteiger partial charge in [-0.25, -0.2) is 0 Å². The van der Waals surface area contributed by atoms with Gasteiger partial charge < -0.3 is 19.5 Å². The largest absolute Gasteiger partial charge is 0.497 e. The number of thioether (sulfide) groups is 1. The molecule has 2 rings (SSSR count). The van der Waals surface area contributed by atoms with Crippen LogP contribution >= 0.6 is 11.8 Å². The highest BCUT2D eigenvalue weighted by Crippen LogP contribution is 2.28. The summed E-state index contributed by atoms with van der Waals surface area (Å²) >= 11 is 1.38. The molecule has 0 aromatic heterocycles. The van der Waals surface area contributed by atoms with Crippen molar-refractivity contribution in [3.63, 3.8) is 0 Å². The molecule has 0 spiro atoms. The first-order valence-electron chi connectivity index (χ1n) is 7.89.